The van der Waals surface area contributed by atoms with Crippen molar-refractivity contribution in [2.45, 2.75) is 45.1 Å². The normalized spacial score (nSPS) is 19.3. The van der Waals surface area contributed by atoms with E-state index in [1.54, 1.807) is 0 Å². The van der Waals surface area contributed by atoms with Crippen molar-refractivity contribution in [2.75, 3.05) is 19.8 Å². The van der Waals surface area contributed by atoms with E-state index in [0.717, 1.165) is 30.6 Å². The average Bonchev–Trinajstić information content (AvgIpc) is 3.54. The van der Waals surface area contributed by atoms with Gasteiger partial charge in [-0.15, -0.1) is 0 Å². The summed E-state index contributed by atoms with van der Waals surface area (Å²) in [6.45, 7) is 8.99. The molecule has 3 nitrogen and oxygen atoms in total. The van der Waals surface area contributed by atoms with Gasteiger partial charge in [0.05, 0.1) is 13.2 Å². The largest absolute Gasteiger partial charge is 0.493 e. The zero-order valence-electron chi connectivity index (χ0n) is 16.0. The molecule has 0 aromatic heterocycles. The fourth-order valence-electron chi connectivity index (χ4n) is 3.18. The van der Waals surface area contributed by atoms with Gasteiger partial charge in [-0.1, -0.05) is 38.1 Å². The van der Waals surface area contributed by atoms with Crippen molar-refractivity contribution in [3.8, 4) is 11.5 Å². The molecule has 4 rings (SSSR count). The molecule has 2 aliphatic rings. The molecule has 0 amide bonds. The summed E-state index contributed by atoms with van der Waals surface area (Å²) in [6, 6.07) is 15.0. The summed E-state index contributed by atoms with van der Waals surface area (Å²) in [4.78, 5) is 0. The lowest BCUT2D eigenvalue weighted by atomic mass is 9.77. The van der Waals surface area contributed by atoms with Crippen molar-refractivity contribution >= 4 is 0 Å². The summed E-state index contributed by atoms with van der Waals surface area (Å²) < 4.78 is 16.9. The summed E-state index contributed by atoms with van der Waals surface area (Å²) in [7, 11) is 0. The van der Waals surface area contributed by atoms with Crippen LogP contribution < -0.4 is 9.47 Å². The van der Waals surface area contributed by atoms with E-state index in [9.17, 15) is 0 Å². The lowest BCUT2D eigenvalue weighted by Crippen LogP contribution is -2.19. The van der Waals surface area contributed by atoms with E-state index < -0.39 is 0 Å². The maximum Gasteiger partial charge on any atom is 0.122 e. The lowest BCUT2D eigenvalue weighted by molar-refractivity contribution is 0.263. The summed E-state index contributed by atoms with van der Waals surface area (Å²) in [5.74, 6) is 2.69. The minimum atomic E-state index is -0.0715. The number of hydrogen-bond acceptors (Lipinski definition) is 3. The predicted octanol–water partition coefficient (Wildman–Crippen LogP) is 4.89. The van der Waals surface area contributed by atoms with Crippen molar-refractivity contribution in [1.29, 1.82) is 0 Å². The topological polar surface area (TPSA) is 31.0 Å². The Hall–Kier alpha value is -2.00. The average molecular weight is 352 g/mol. The van der Waals surface area contributed by atoms with Crippen LogP contribution in [-0.2, 0) is 10.2 Å². The molecule has 1 aliphatic carbocycles. The third kappa shape index (κ3) is 4.04. The molecule has 138 valence electrons. The van der Waals surface area contributed by atoms with Gasteiger partial charge < -0.3 is 14.2 Å². The van der Waals surface area contributed by atoms with E-state index in [1.807, 2.05) is 0 Å². The first-order valence-electron chi connectivity index (χ1n) is 9.61. The number of rotatable bonds is 8. The summed E-state index contributed by atoms with van der Waals surface area (Å²) in [6.07, 6.45) is 2.92. The number of epoxide rings is 1. The monoisotopic (exact) mass is 352 g/mol. The molecule has 1 saturated heterocycles. The van der Waals surface area contributed by atoms with Crippen molar-refractivity contribution in [1.82, 2.24) is 0 Å². The Bertz CT molecular complexity index is 756. The second kappa shape index (κ2) is 6.96. The second-order valence-electron chi connectivity index (χ2n) is 8.15. The van der Waals surface area contributed by atoms with Crippen molar-refractivity contribution in [2.24, 2.45) is 5.92 Å². The number of ether oxygens (including phenoxy) is 3. The fourth-order valence-corrected chi connectivity index (χ4v) is 3.18. The molecule has 2 aromatic rings. The maximum absolute atomic E-state index is 5.97. The molecule has 0 bridgehead atoms. The molecule has 1 unspecified atom stereocenters. The van der Waals surface area contributed by atoms with Crippen LogP contribution in [0.25, 0.3) is 0 Å². The van der Waals surface area contributed by atoms with Crippen molar-refractivity contribution in [3.05, 3.63) is 59.2 Å². The number of hydrogen-bond donors (Lipinski definition) is 0. The predicted molar refractivity (Wildman–Crippen MR) is 103 cm³/mol. The second-order valence-corrected chi connectivity index (χ2v) is 8.15. The minimum Gasteiger partial charge on any atom is -0.493 e. The third-order valence-electron chi connectivity index (χ3n) is 5.48. The van der Waals surface area contributed by atoms with Gasteiger partial charge in [-0.25, -0.2) is 0 Å². The summed E-state index contributed by atoms with van der Waals surface area (Å²) in [5.41, 5.74) is 3.71. The van der Waals surface area contributed by atoms with Gasteiger partial charge in [0.1, 0.15) is 24.2 Å². The molecule has 0 radical (unpaired) electrons. The van der Waals surface area contributed by atoms with Crippen LogP contribution in [0.1, 0.15) is 43.4 Å². The first kappa shape index (κ1) is 17.4. The number of benzene rings is 2. The van der Waals surface area contributed by atoms with E-state index in [-0.39, 0.29) is 11.5 Å². The molecule has 1 atom stereocenters. The Balaban J connectivity index is 1.46. The van der Waals surface area contributed by atoms with E-state index in [0.29, 0.717) is 6.61 Å². The quantitative estimate of drug-likeness (QED) is 0.634. The van der Waals surface area contributed by atoms with E-state index in [1.165, 1.54) is 29.5 Å². The lowest BCUT2D eigenvalue weighted by Gasteiger charge is -2.27. The van der Waals surface area contributed by atoms with Crippen LogP contribution in [0.4, 0.5) is 0 Å². The van der Waals surface area contributed by atoms with Crippen molar-refractivity contribution in [3.63, 3.8) is 0 Å². The molecule has 2 fully saturated rings. The molecule has 1 saturated carbocycles. The van der Waals surface area contributed by atoms with Crippen molar-refractivity contribution < 1.29 is 14.2 Å². The first-order chi connectivity index (χ1) is 12.5. The van der Waals surface area contributed by atoms with Crippen LogP contribution in [0.5, 0.6) is 11.5 Å². The maximum atomic E-state index is 5.97. The van der Waals surface area contributed by atoms with Gasteiger partial charge in [0.25, 0.3) is 0 Å². The zero-order chi connectivity index (χ0) is 18.1. The Morgan fingerprint density at radius 2 is 1.65 bits per heavy atom. The highest BCUT2D eigenvalue weighted by atomic mass is 16.6. The molecule has 26 heavy (non-hydrogen) atoms. The summed E-state index contributed by atoms with van der Waals surface area (Å²) in [5, 5.41) is 0. The van der Waals surface area contributed by atoms with E-state index in [2.05, 4.69) is 63.2 Å². The standard InChI is InChI=1S/C23H28O3/c1-16-12-19(8-11-22(16)26-13-17-4-5-17)23(2,3)18-6-9-20(10-7-18)24-14-21-15-25-21/h6-12,17,21H,4-5,13-15H2,1-3H3. The molecule has 0 spiro atoms. The molecule has 3 heteroatoms. The van der Waals surface area contributed by atoms with Crippen LogP contribution >= 0.6 is 0 Å². The molecular formula is C23H28O3. The third-order valence-corrected chi connectivity index (χ3v) is 5.48. The van der Waals surface area contributed by atoms with Crippen LogP contribution in [-0.4, -0.2) is 25.9 Å². The fraction of sp³-hybridized carbons (Fsp3) is 0.478. The summed E-state index contributed by atoms with van der Waals surface area (Å²) >= 11 is 0. The minimum absolute atomic E-state index is 0.0715. The van der Waals surface area contributed by atoms with Crippen LogP contribution in [0.15, 0.2) is 42.5 Å². The van der Waals surface area contributed by atoms with Gasteiger partial charge in [0, 0.05) is 5.41 Å². The Morgan fingerprint density at radius 3 is 2.27 bits per heavy atom. The highest BCUT2D eigenvalue weighted by Crippen LogP contribution is 2.35. The van der Waals surface area contributed by atoms with Gasteiger partial charge in [-0.3, -0.25) is 0 Å². The smallest absolute Gasteiger partial charge is 0.122 e. The Kier molecular flexibility index (Phi) is 4.66. The van der Waals surface area contributed by atoms with Crippen LogP contribution in [0.2, 0.25) is 0 Å². The van der Waals surface area contributed by atoms with Gasteiger partial charge in [0.15, 0.2) is 0 Å². The SMILES string of the molecule is Cc1cc(C(C)(C)c2ccc(OCC3CO3)cc2)ccc1OCC1CC1. The Morgan fingerprint density at radius 1 is 0.962 bits per heavy atom. The molecule has 2 aromatic carbocycles. The van der Waals surface area contributed by atoms with E-state index >= 15 is 0 Å². The number of aryl methyl sites for hydroxylation is 1. The van der Waals surface area contributed by atoms with Gasteiger partial charge in [-0.2, -0.15) is 0 Å². The van der Waals surface area contributed by atoms with E-state index in [4.69, 9.17) is 14.2 Å². The van der Waals surface area contributed by atoms with Gasteiger partial charge in [0.2, 0.25) is 0 Å². The van der Waals surface area contributed by atoms with Crippen LogP contribution in [0, 0.1) is 12.8 Å². The first-order valence-corrected chi connectivity index (χ1v) is 9.61. The highest BCUT2D eigenvalue weighted by Gasteiger charge is 2.26. The zero-order valence-corrected chi connectivity index (χ0v) is 16.0. The van der Waals surface area contributed by atoms with Gasteiger partial charge in [-0.05, 0) is 60.6 Å². The van der Waals surface area contributed by atoms with Crippen LogP contribution in [0.3, 0.4) is 0 Å². The molecule has 0 N–H and O–H groups in total. The molecule has 1 aliphatic heterocycles. The molecule has 1 heterocycles. The highest BCUT2D eigenvalue weighted by molar-refractivity contribution is 5.45. The molecular weight excluding hydrogens is 324 g/mol. The Labute approximate surface area is 156 Å². The van der Waals surface area contributed by atoms with Gasteiger partial charge >= 0.3 is 0 Å².